The third-order valence-electron chi connectivity index (χ3n) is 5.02. The predicted octanol–water partition coefficient (Wildman–Crippen LogP) is 1.54. The first-order valence-corrected chi connectivity index (χ1v) is 9.39. The second kappa shape index (κ2) is 6.20. The quantitative estimate of drug-likeness (QED) is 0.827. The van der Waals surface area contributed by atoms with Crippen molar-refractivity contribution in [1.29, 1.82) is 0 Å². The van der Waals surface area contributed by atoms with Gasteiger partial charge in [0.15, 0.2) is 9.84 Å². The topological polar surface area (TPSA) is 95.4 Å². The highest BCUT2D eigenvalue weighted by Gasteiger charge is 2.69. The van der Waals surface area contributed by atoms with E-state index in [4.69, 9.17) is 16.2 Å². The van der Waals surface area contributed by atoms with Crippen LogP contribution in [0.15, 0.2) is 59.5 Å². The molecule has 5 nitrogen and oxygen atoms in total. The molecule has 6 heteroatoms. The molecule has 24 heavy (non-hydrogen) atoms. The molecular formula is C18H22N2O3S. The Morgan fingerprint density at radius 2 is 1.58 bits per heavy atom. The number of rotatable bonds is 6. The maximum absolute atomic E-state index is 13.1. The van der Waals surface area contributed by atoms with Crippen molar-refractivity contribution >= 4 is 9.84 Å². The number of sulfone groups is 1. The molecule has 0 saturated heterocycles. The number of nitrogens with two attached hydrogens (primary N) is 2. The van der Waals surface area contributed by atoms with E-state index in [2.05, 4.69) is 0 Å². The SMILES string of the molecule is COc1ccc([C@H]2[C@H](S(=O)(=O)c3ccccc3)C2(CN)CN)cc1. The van der Waals surface area contributed by atoms with E-state index < -0.39 is 20.5 Å². The molecule has 2 aromatic rings. The van der Waals surface area contributed by atoms with Crippen LogP contribution in [0.5, 0.6) is 5.75 Å². The number of methoxy groups -OCH3 is 1. The summed E-state index contributed by atoms with van der Waals surface area (Å²) in [6, 6.07) is 15.9. The van der Waals surface area contributed by atoms with Crippen LogP contribution in [-0.4, -0.2) is 33.9 Å². The first kappa shape index (κ1) is 17.0. The Balaban J connectivity index is 2.02. The second-order valence-corrected chi connectivity index (χ2v) is 8.24. The van der Waals surface area contributed by atoms with E-state index in [9.17, 15) is 8.42 Å². The maximum atomic E-state index is 13.1. The summed E-state index contributed by atoms with van der Waals surface area (Å²) in [6.45, 7) is 0.466. The molecule has 0 amide bonds. The van der Waals surface area contributed by atoms with Crippen molar-refractivity contribution in [3.63, 3.8) is 0 Å². The van der Waals surface area contributed by atoms with Crippen LogP contribution in [0.3, 0.4) is 0 Å². The van der Waals surface area contributed by atoms with Crippen LogP contribution in [0.2, 0.25) is 0 Å². The van der Waals surface area contributed by atoms with E-state index in [-0.39, 0.29) is 19.0 Å². The molecule has 2 atom stereocenters. The molecule has 0 heterocycles. The lowest BCUT2D eigenvalue weighted by molar-refractivity contribution is 0.414. The lowest BCUT2D eigenvalue weighted by Crippen LogP contribution is -2.31. The molecule has 0 radical (unpaired) electrons. The van der Waals surface area contributed by atoms with Crippen LogP contribution in [0, 0.1) is 5.41 Å². The van der Waals surface area contributed by atoms with Crippen LogP contribution in [0.1, 0.15) is 11.5 Å². The van der Waals surface area contributed by atoms with Gasteiger partial charge in [-0.2, -0.15) is 0 Å². The van der Waals surface area contributed by atoms with E-state index in [1.165, 1.54) is 0 Å². The first-order chi connectivity index (χ1) is 11.5. The van der Waals surface area contributed by atoms with Gasteiger partial charge in [0.2, 0.25) is 0 Å². The Morgan fingerprint density at radius 3 is 2.08 bits per heavy atom. The normalized spacial score (nSPS) is 22.1. The molecular weight excluding hydrogens is 324 g/mol. The molecule has 3 rings (SSSR count). The predicted molar refractivity (Wildman–Crippen MR) is 93.7 cm³/mol. The minimum Gasteiger partial charge on any atom is -0.497 e. The minimum atomic E-state index is -3.50. The van der Waals surface area contributed by atoms with Gasteiger partial charge in [0.05, 0.1) is 17.3 Å². The van der Waals surface area contributed by atoms with Gasteiger partial charge in [-0.15, -0.1) is 0 Å². The Kier molecular flexibility index (Phi) is 4.38. The summed E-state index contributed by atoms with van der Waals surface area (Å²) in [7, 11) is -1.91. The number of hydrogen-bond acceptors (Lipinski definition) is 5. The molecule has 4 N–H and O–H groups in total. The zero-order valence-electron chi connectivity index (χ0n) is 13.6. The van der Waals surface area contributed by atoms with Gasteiger partial charge in [-0.3, -0.25) is 0 Å². The number of hydrogen-bond donors (Lipinski definition) is 2. The van der Waals surface area contributed by atoms with Crippen LogP contribution in [-0.2, 0) is 9.84 Å². The lowest BCUT2D eigenvalue weighted by Gasteiger charge is -2.13. The highest BCUT2D eigenvalue weighted by atomic mass is 32.2. The highest BCUT2D eigenvalue weighted by Crippen LogP contribution is 2.63. The van der Waals surface area contributed by atoms with E-state index >= 15 is 0 Å². The Hall–Kier alpha value is -1.89. The molecule has 2 aromatic carbocycles. The van der Waals surface area contributed by atoms with Gasteiger partial charge in [0.25, 0.3) is 0 Å². The third-order valence-corrected chi connectivity index (χ3v) is 7.36. The summed E-state index contributed by atoms with van der Waals surface area (Å²) in [5.74, 6) is 0.525. The summed E-state index contributed by atoms with van der Waals surface area (Å²) >= 11 is 0. The van der Waals surface area contributed by atoms with Crippen molar-refractivity contribution in [2.24, 2.45) is 16.9 Å². The van der Waals surface area contributed by atoms with Gasteiger partial charge in [-0.25, -0.2) is 8.42 Å². The summed E-state index contributed by atoms with van der Waals surface area (Å²) in [6.07, 6.45) is 0. The molecule has 1 fully saturated rings. The Morgan fingerprint density at radius 1 is 1.00 bits per heavy atom. The molecule has 1 aliphatic carbocycles. The molecule has 0 aliphatic heterocycles. The summed E-state index contributed by atoms with van der Waals surface area (Å²) < 4.78 is 31.4. The first-order valence-electron chi connectivity index (χ1n) is 7.84. The van der Waals surface area contributed by atoms with Crippen LogP contribution in [0.4, 0.5) is 0 Å². The zero-order valence-corrected chi connectivity index (χ0v) is 14.4. The zero-order chi connectivity index (χ0) is 17.4. The number of benzene rings is 2. The second-order valence-electron chi connectivity index (χ2n) is 6.17. The van der Waals surface area contributed by atoms with Gasteiger partial charge < -0.3 is 16.2 Å². The van der Waals surface area contributed by atoms with Gasteiger partial charge >= 0.3 is 0 Å². The van der Waals surface area contributed by atoms with Crippen molar-refractivity contribution in [2.45, 2.75) is 16.1 Å². The molecule has 0 aromatic heterocycles. The van der Waals surface area contributed by atoms with Crippen molar-refractivity contribution in [2.75, 3.05) is 20.2 Å². The van der Waals surface area contributed by atoms with Crippen molar-refractivity contribution in [1.82, 2.24) is 0 Å². The van der Waals surface area contributed by atoms with E-state index in [1.54, 1.807) is 37.4 Å². The summed E-state index contributed by atoms with van der Waals surface area (Å²) in [5.41, 5.74) is 12.2. The summed E-state index contributed by atoms with van der Waals surface area (Å²) in [4.78, 5) is 0.317. The molecule has 1 aliphatic rings. The standard InChI is InChI=1S/C18H22N2O3S/c1-23-14-9-7-13(8-10-14)16-17(18(16,11-19)12-20)24(21,22)15-5-3-2-4-6-15/h2-10,16-17H,11-12,19-20H2,1H3/t16-,17-/m0/s1. The van der Waals surface area contributed by atoms with E-state index in [1.807, 2.05) is 24.3 Å². The molecule has 1 saturated carbocycles. The smallest absolute Gasteiger partial charge is 0.182 e. The lowest BCUT2D eigenvalue weighted by atomic mass is 9.99. The largest absolute Gasteiger partial charge is 0.497 e. The maximum Gasteiger partial charge on any atom is 0.182 e. The van der Waals surface area contributed by atoms with Gasteiger partial charge in [-0.1, -0.05) is 30.3 Å². The number of ether oxygens (including phenoxy) is 1. The van der Waals surface area contributed by atoms with Crippen LogP contribution < -0.4 is 16.2 Å². The van der Waals surface area contributed by atoms with E-state index in [0.29, 0.717) is 4.90 Å². The molecule has 0 spiro atoms. The Bertz CT molecular complexity index is 800. The fraction of sp³-hybridized carbons (Fsp3) is 0.333. The highest BCUT2D eigenvalue weighted by molar-refractivity contribution is 7.92. The van der Waals surface area contributed by atoms with Gasteiger partial charge in [0, 0.05) is 24.4 Å². The fourth-order valence-corrected chi connectivity index (χ4v) is 6.08. The van der Waals surface area contributed by atoms with Crippen LogP contribution >= 0.6 is 0 Å². The molecule has 0 unspecified atom stereocenters. The van der Waals surface area contributed by atoms with Crippen molar-refractivity contribution in [3.05, 3.63) is 60.2 Å². The van der Waals surface area contributed by atoms with Crippen molar-refractivity contribution < 1.29 is 13.2 Å². The molecule has 0 bridgehead atoms. The average molecular weight is 346 g/mol. The minimum absolute atomic E-state index is 0.205. The average Bonchev–Trinajstić information content (AvgIpc) is 3.33. The van der Waals surface area contributed by atoms with Gasteiger partial charge in [0.1, 0.15) is 5.75 Å². The van der Waals surface area contributed by atoms with Crippen LogP contribution in [0.25, 0.3) is 0 Å². The van der Waals surface area contributed by atoms with Crippen molar-refractivity contribution in [3.8, 4) is 5.75 Å². The summed E-state index contributed by atoms with van der Waals surface area (Å²) in [5, 5.41) is -0.601. The fourth-order valence-electron chi connectivity index (χ4n) is 3.59. The molecule has 128 valence electrons. The monoisotopic (exact) mass is 346 g/mol. The van der Waals surface area contributed by atoms with E-state index in [0.717, 1.165) is 11.3 Å². The van der Waals surface area contributed by atoms with Gasteiger partial charge in [-0.05, 0) is 29.8 Å². The third kappa shape index (κ3) is 2.51. The Labute approximate surface area is 142 Å².